The third-order valence-corrected chi connectivity index (χ3v) is 11.7. The van der Waals surface area contributed by atoms with Gasteiger partial charge in [0.05, 0.1) is 34.0 Å². The van der Waals surface area contributed by atoms with E-state index in [1.807, 2.05) is 110 Å². The molecule has 0 fully saturated rings. The first-order valence-corrected chi connectivity index (χ1v) is 19.0. The zero-order chi connectivity index (χ0) is 38.7. The van der Waals surface area contributed by atoms with Crippen molar-refractivity contribution in [1.82, 2.24) is 23.8 Å². The van der Waals surface area contributed by atoms with E-state index in [0.29, 0.717) is 55.5 Å². The molecule has 1 aliphatic rings. The lowest BCUT2D eigenvalue weighted by Crippen LogP contribution is -2.43. The average molecular weight is 770 g/mol. The molecule has 0 saturated carbocycles. The molecular weight excluding hydrogens is 723 g/mol. The van der Waals surface area contributed by atoms with Crippen molar-refractivity contribution >= 4 is 62.6 Å². The number of nitrogens with zero attached hydrogens (tertiary/aromatic N) is 6. The molecule has 1 atom stereocenters. The maximum absolute atomic E-state index is 15.2. The van der Waals surface area contributed by atoms with Crippen molar-refractivity contribution in [1.29, 1.82) is 0 Å². The first-order valence-electron chi connectivity index (χ1n) is 18.3. The Balaban J connectivity index is 1.39. The molecule has 1 N–H and O–H groups in total. The van der Waals surface area contributed by atoms with E-state index in [1.165, 1.54) is 0 Å². The Morgan fingerprint density at radius 3 is 2.39 bits per heavy atom. The van der Waals surface area contributed by atoms with Gasteiger partial charge in [0.2, 0.25) is 0 Å². The van der Waals surface area contributed by atoms with Gasteiger partial charge in [-0.1, -0.05) is 41.4 Å². The number of fused-ring (bicyclic) bond motifs is 4. The summed E-state index contributed by atoms with van der Waals surface area (Å²) in [6.45, 7) is 12.0. The number of aromatic nitrogens is 4. The van der Waals surface area contributed by atoms with E-state index in [4.69, 9.17) is 33.0 Å². The zero-order valence-electron chi connectivity index (χ0n) is 32.0. The Hall–Kier alpha value is -4.77. The van der Waals surface area contributed by atoms with E-state index < -0.39 is 5.97 Å². The number of aryl methyl sites for hydroxylation is 5. The van der Waals surface area contributed by atoms with Gasteiger partial charge in [0.1, 0.15) is 17.1 Å². The smallest absolute Gasteiger partial charge is 0.352 e. The molecule has 3 aromatic heterocycles. The summed E-state index contributed by atoms with van der Waals surface area (Å²) in [6.07, 6.45) is 1.23. The Kier molecular flexibility index (Phi) is 10.1. The topological polar surface area (TPSA) is 97.8 Å². The summed E-state index contributed by atoms with van der Waals surface area (Å²) < 4.78 is 12.1. The van der Waals surface area contributed by atoms with E-state index >= 15 is 4.79 Å². The number of para-hydroxylation sites is 1. The fourth-order valence-electron chi connectivity index (χ4n) is 8.17. The quantitative estimate of drug-likeness (QED) is 0.132. The third-order valence-electron chi connectivity index (χ3n) is 10.7. The third kappa shape index (κ3) is 6.33. The molecule has 1 amide bonds. The summed E-state index contributed by atoms with van der Waals surface area (Å²) in [5.41, 5.74) is 9.65. The maximum Gasteiger partial charge on any atom is 0.352 e. The van der Waals surface area contributed by atoms with Gasteiger partial charge in [0, 0.05) is 65.3 Å². The highest BCUT2D eigenvalue weighted by Crippen LogP contribution is 2.45. The number of carboxylic acids is 1. The molecule has 0 spiro atoms. The van der Waals surface area contributed by atoms with Crippen LogP contribution in [0.5, 0.6) is 5.75 Å². The molecule has 0 saturated heterocycles. The highest BCUT2D eigenvalue weighted by molar-refractivity contribution is 6.35. The van der Waals surface area contributed by atoms with Gasteiger partial charge in [-0.25, -0.2) is 4.79 Å². The minimum Gasteiger partial charge on any atom is -0.494 e. The summed E-state index contributed by atoms with van der Waals surface area (Å²) in [6, 6.07) is 15.1. The molecule has 1 unspecified atom stereocenters. The molecule has 4 heterocycles. The lowest BCUT2D eigenvalue weighted by molar-refractivity contribution is 0.0685. The van der Waals surface area contributed by atoms with Crippen molar-refractivity contribution in [2.75, 3.05) is 38.7 Å². The van der Waals surface area contributed by atoms with Crippen LogP contribution in [0.4, 0.5) is 5.69 Å². The summed E-state index contributed by atoms with van der Waals surface area (Å²) in [7, 11) is 5.85. The number of likely N-dealkylation sites (N-methyl/N-ethyl adjacent to an activating group) is 1. The lowest BCUT2D eigenvalue weighted by Gasteiger charge is -2.35. The van der Waals surface area contributed by atoms with Crippen LogP contribution in [0, 0.1) is 27.7 Å². The van der Waals surface area contributed by atoms with Crippen molar-refractivity contribution in [3.63, 3.8) is 0 Å². The summed E-state index contributed by atoms with van der Waals surface area (Å²) >= 11 is 13.5. The molecule has 7 rings (SSSR count). The molecule has 10 nitrogen and oxygen atoms in total. The SMILES string of the molecule is Cc1cc(OCCCc2c3n(c4c(-c5c(C)nn(C)c5C)c(Cl)ccc24)C(C)CN(c2cccc4cc(C(=O)O)n(CCN(C)C)c24)C3=O)cc(C)c1Cl. The van der Waals surface area contributed by atoms with Crippen molar-refractivity contribution < 1.29 is 19.4 Å². The number of carbonyl (C=O) groups excluding carboxylic acids is 1. The Morgan fingerprint density at radius 2 is 1.74 bits per heavy atom. The second-order valence-corrected chi connectivity index (χ2v) is 15.6. The van der Waals surface area contributed by atoms with Crippen LogP contribution in [-0.4, -0.2) is 74.6 Å². The summed E-state index contributed by atoms with van der Waals surface area (Å²) in [5.74, 6) is -0.388. The van der Waals surface area contributed by atoms with Crippen LogP contribution in [0.25, 0.3) is 32.9 Å². The first-order chi connectivity index (χ1) is 25.7. The number of aromatic carboxylic acids is 1. The van der Waals surface area contributed by atoms with Crippen LogP contribution < -0.4 is 9.64 Å². The van der Waals surface area contributed by atoms with Crippen molar-refractivity contribution in [3.8, 4) is 16.9 Å². The predicted molar refractivity (Wildman–Crippen MR) is 217 cm³/mol. The molecule has 54 heavy (non-hydrogen) atoms. The number of rotatable bonds is 11. The molecule has 0 aliphatic carbocycles. The molecular formula is C42H46Cl2N6O4. The Morgan fingerprint density at radius 1 is 1.02 bits per heavy atom. The number of halogens is 2. The second-order valence-electron chi connectivity index (χ2n) is 14.8. The standard InChI is InChI=1S/C42H46Cl2N6O4/c1-23-19-29(20-24(2)37(23)44)54-18-10-12-30-31-14-15-32(43)36(35-26(4)45-47(8)27(35)5)39(31)50-25(3)22-49(41(51)40(30)50)33-13-9-11-28-21-34(42(52)53)48(38(28)33)17-16-46(6)7/h9,11,13-15,19-21,25H,10,12,16-18,22H2,1-8H3,(H,52,53). The number of anilines is 1. The lowest BCUT2D eigenvalue weighted by atomic mass is 9.98. The highest BCUT2D eigenvalue weighted by Gasteiger charge is 2.38. The fraction of sp³-hybridized carbons (Fsp3) is 0.357. The number of benzene rings is 3. The van der Waals surface area contributed by atoms with Gasteiger partial charge in [-0.05, 0) is 109 Å². The number of ether oxygens (including phenoxy) is 1. The summed E-state index contributed by atoms with van der Waals surface area (Å²) in [5, 5.41) is 18.0. The highest BCUT2D eigenvalue weighted by atomic mass is 35.5. The molecule has 1 aliphatic heterocycles. The van der Waals surface area contributed by atoms with Gasteiger partial charge in [0.15, 0.2) is 0 Å². The van der Waals surface area contributed by atoms with Crippen molar-refractivity contribution in [2.24, 2.45) is 7.05 Å². The van der Waals surface area contributed by atoms with E-state index in [0.717, 1.165) is 71.8 Å². The predicted octanol–water partition coefficient (Wildman–Crippen LogP) is 9.03. The van der Waals surface area contributed by atoms with Gasteiger partial charge in [-0.3, -0.25) is 9.48 Å². The number of carboxylic acid groups (broad SMARTS) is 1. The number of hydrogen-bond acceptors (Lipinski definition) is 5. The Bertz CT molecular complexity index is 2450. The van der Waals surface area contributed by atoms with Crippen LogP contribution in [0.15, 0.2) is 48.5 Å². The molecule has 0 radical (unpaired) electrons. The van der Waals surface area contributed by atoms with E-state index in [2.05, 4.69) is 11.5 Å². The normalized spacial score (nSPS) is 14.5. The van der Waals surface area contributed by atoms with Gasteiger partial charge in [-0.2, -0.15) is 5.10 Å². The van der Waals surface area contributed by atoms with Crippen LogP contribution in [-0.2, 0) is 20.0 Å². The van der Waals surface area contributed by atoms with E-state index in [-0.39, 0.29) is 17.6 Å². The van der Waals surface area contributed by atoms with Crippen LogP contribution in [0.3, 0.4) is 0 Å². The zero-order valence-corrected chi connectivity index (χ0v) is 33.6. The van der Waals surface area contributed by atoms with Gasteiger partial charge in [-0.15, -0.1) is 0 Å². The first kappa shape index (κ1) is 37.5. The minimum absolute atomic E-state index is 0.143. The van der Waals surface area contributed by atoms with Gasteiger partial charge < -0.3 is 28.8 Å². The number of carbonyl (C=O) groups is 2. The van der Waals surface area contributed by atoms with Gasteiger partial charge >= 0.3 is 5.97 Å². The van der Waals surface area contributed by atoms with Crippen LogP contribution >= 0.6 is 23.2 Å². The number of amides is 1. The minimum atomic E-state index is -1.01. The average Bonchev–Trinajstić information content (AvgIpc) is 3.75. The molecule has 0 bridgehead atoms. The maximum atomic E-state index is 15.2. The fourth-order valence-corrected chi connectivity index (χ4v) is 8.53. The van der Waals surface area contributed by atoms with Crippen molar-refractivity contribution in [2.45, 2.75) is 60.0 Å². The van der Waals surface area contributed by atoms with Crippen LogP contribution in [0.2, 0.25) is 10.0 Å². The molecule has 6 aromatic rings. The molecule has 12 heteroatoms. The molecule has 3 aromatic carbocycles. The van der Waals surface area contributed by atoms with Gasteiger partial charge in [0.25, 0.3) is 5.91 Å². The monoisotopic (exact) mass is 768 g/mol. The Labute approximate surface area is 325 Å². The number of hydrogen-bond donors (Lipinski definition) is 1. The molecule has 282 valence electrons. The van der Waals surface area contributed by atoms with Crippen molar-refractivity contribution in [3.05, 3.63) is 98.0 Å². The largest absolute Gasteiger partial charge is 0.494 e. The van der Waals surface area contributed by atoms with Crippen LogP contribution in [0.1, 0.15) is 68.4 Å². The summed E-state index contributed by atoms with van der Waals surface area (Å²) in [4.78, 5) is 31.6. The second kappa shape index (κ2) is 14.5. The van der Waals surface area contributed by atoms with E-state index in [9.17, 15) is 9.90 Å². The van der Waals surface area contributed by atoms with E-state index in [1.54, 1.807) is 6.07 Å².